The molecule has 0 saturated carbocycles. The largest absolute Gasteiger partial charge is 0.358 e. The van der Waals surface area contributed by atoms with Gasteiger partial charge in [0, 0.05) is 25.1 Å². The molecule has 0 bridgehead atoms. The van der Waals surface area contributed by atoms with Gasteiger partial charge in [0.25, 0.3) is 0 Å². The van der Waals surface area contributed by atoms with Gasteiger partial charge in [-0.3, -0.25) is 4.57 Å². The van der Waals surface area contributed by atoms with Gasteiger partial charge in [-0.2, -0.15) is 0 Å². The first-order valence-corrected chi connectivity index (χ1v) is 6.15. The van der Waals surface area contributed by atoms with Crippen molar-refractivity contribution < 1.29 is 0 Å². The second kappa shape index (κ2) is 5.53. The Labute approximate surface area is 103 Å². The van der Waals surface area contributed by atoms with Gasteiger partial charge in [0.05, 0.1) is 0 Å². The van der Waals surface area contributed by atoms with Crippen LogP contribution in [-0.2, 0) is 6.42 Å². The molecule has 3 nitrogen and oxygen atoms in total. The fourth-order valence-electron chi connectivity index (χ4n) is 1.90. The Kier molecular flexibility index (Phi) is 3.81. The Morgan fingerprint density at radius 2 is 2.00 bits per heavy atom. The summed E-state index contributed by atoms with van der Waals surface area (Å²) in [6.07, 6.45) is 7.43. The Hall–Kier alpha value is -1.77. The van der Waals surface area contributed by atoms with Gasteiger partial charge in [0.15, 0.2) is 0 Å². The number of hydrogen-bond donors (Lipinski definition) is 1. The average Bonchev–Trinajstić information content (AvgIpc) is 2.85. The highest BCUT2D eigenvalue weighted by atomic mass is 15.2. The standard InChI is InChI=1S/C14H19N3/c1-3-4-5-12-6-8-13(9-7-12)17-11-10-16-14(17)15-2/h6-11H,3-5H2,1-2H3,(H,15,16). The molecule has 0 aliphatic rings. The smallest absolute Gasteiger partial charge is 0.207 e. The van der Waals surface area contributed by atoms with Crippen molar-refractivity contribution >= 4 is 5.95 Å². The van der Waals surface area contributed by atoms with Crippen molar-refractivity contribution in [3.05, 3.63) is 42.2 Å². The second-order valence-corrected chi connectivity index (χ2v) is 4.14. The predicted octanol–water partition coefficient (Wildman–Crippen LogP) is 3.26. The molecule has 0 atom stereocenters. The van der Waals surface area contributed by atoms with E-state index in [2.05, 4.69) is 41.5 Å². The Morgan fingerprint density at radius 3 is 2.65 bits per heavy atom. The molecule has 1 N–H and O–H groups in total. The maximum Gasteiger partial charge on any atom is 0.207 e. The first-order chi connectivity index (χ1) is 8.35. The van der Waals surface area contributed by atoms with Crippen LogP contribution in [0.1, 0.15) is 25.3 Å². The first-order valence-electron chi connectivity index (χ1n) is 6.15. The zero-order valence-electron chi connectivity index (χ0n) is 10.5. The van der Waals surface area contributed by atoms with E-state index in [1.165, 1.54) is 24.8 Å². The van der Waals surface area contributed by atoms with E-state index >= 15 is 0 Å². The Morgan fingerprint density at radius 1 is 1.24 bits per heavy atom. The third-order valence-electron chi connectivity index (χ3n) is 2.90. The van der Waals surface area contributed by atoms with Crippen molar-refractivity contribution in [2.24, 2.45) is 0 Å². The number of unbranched alkanes of at least 4 members (excludes halogenated alkanes) is 1. The Balaban J connectivity index is 2.17. The molecule has 1 heterocycles. The van der Waals surface area contributed by atoms with Crippen LogP contribution in [0.15, 0.2) is 36.7 Å². The summed E-state index contributed by atoms with van der Waals surface area (Å²) in [7, 11) is 1.88. The van der Waals surface area contributed by atoms with E-state index in [9.17, 15) is 0 Å². The quantitative estimate of drug-likeness (QED) is 0.853. The van der Waals surface area contributed by atoms with E-state index in [4.69, 9.17) is 0 Å². The van der Waals surface area contributed by atoms with Gasteiger partial charge >= 0.3 is 0 Å². The number of anilines is 1. The molecule has 0 radical (unpaired) electrons. The van der Waals surface area contributed by atoms with Crippen LogP contribution in [0.3, 0.4) is 0 Å². The molecule has 0 spiro atoms. The molecule has 0 fully saturated rings. The van der Waals surface area contributed by atoms with E-state index in [-0.39, 0.29) is 0 Å². The minimum atomic E-state index is 0.867. The lowest BCUT2D eigenvalue weighted by Crippen LogP contribution is -2.00. The highest BCUT2D eigenvalue weighted by Crippen LogP contribution is 2.15. The molecular formula is C14H19N3. The van der Waals surface area contributed by atoms with Gasteiger partial charge in [0.1, 0.15) is 0 Å². The van der Waals surface area contributed by atoms with Gasteiger partial charge in [-0.1, -0.05) is 25.5 Å². The van der Waals surface area contributed by atoms with E-state index in [1.807, 2.05) is 17.8 Å². The minimum Gasteiger partial charge on any atom is -0.358 e. The fourth-order valence-corrected chi connectivity index (χ4v) is 1.90. The van der Waals surface area contributed by atoms with Crippen LogP contribution >= 0.6 is 0 Å². The van der Waals surface area contributed by atoms with Crippen molar-refractivity contribution in [2.75, 3.05) is 12.4 Å². The van der Waals surface area contributed by atoms with Gasteiger partial charge in [-0.05, 0) is 30.5 Å². The summed E-state index contributed by atoms with van der Waals surface area (Å²) in [5, 5.41) is 3.07. The van der Waals surface area contributed by atoms with Gasteiger partial charge in [-0.25, -0.2) is 4.98 Å². The highest BCUT2D eigenvalue weighted by molar-refractivity contribution is 5.42. The first kappa shape index (κ1) is 11.7. The molecular weight excluding hydrogens is 210 g/mol. The lowest BCUT2D eigenvalue weighted by atomic mass is 10.1. The molecule has 3 heteroatoms. The molecule has 90 valence electrons. The topological polar surface area (TPSA) is 29.9 Å². The zero-order chi connectivity index (χ0) is 12.1. The van der Waals surface area contributed by atoms with Crippen LogP contribution in [0.4, 0.5) is 5.95 Å². The Bertz CT molecular complexity index is 457. The summed E-state index contributed by atoms with van der Waals surface area (Å²) < 4.78 is 2.05. The van der Waals surface area contributed by atoms with E-state index < -0.39 is 0 Å². The molecule has 0 unspecified atom stereocenters. The molecule has 0 saturated heterocycles. The number of nitrogens with one attached hydrogen (secondary N) is 1. The molecule has 0 amide bonds. The molecule has 0 aliphatic carbocycles. The van der Waals surface area contributed by atoms with Crippen molar-refractivity contribution in [3.8, 4) is 5.69 Å². The zero-order valence-corrected chi connectivity index (χ0v) is 10.5. The molecule has 1 aromatic carbocycles. The maximum absolute atomic E-state index is 4.23. The summed E-state index contributed by atoms with van der Waals surface area (Å²) in [6, 6.07) is 8.69. The molecule has 2 rings (SSSR count). The van der Waals surface area contributed by atoms with Crippen LogP contribution in [0.25, 0.3) is 5.69 Å². The van der Waals surface area contributed by atoms with Crippen LogP contribution in [0, 0.1) is 0 Å². The van der Waals surface area contributed by atoms with Gasteiger partial charge in [0.2, 0.25) is 5.95 Å². The SMILES string of the molecule is CCCCc1ccc(-n2ccnc2NC)cc1. The summed E-state index contributed by atoms with van der Waals surface area (Å²) in [5.74, 6) is 0.867. The number of imidazole rings is 1. The third-order valence-corrected chi connectivity index (χ3v) is 2.90. The number of aryl methyl sites for hydroxylation is 1. The number of aromatic nitrogens is 2. The molecule has 0 aliphatic heterocycles. The number of nitrogens with zero attached hydrogens (tertiary/aromatic N) is 2. The van der Waals surface area contributed by atoms with Crippen LogP contribution < -0.4 is 5.32 Å². The van der Waals surface area contributed by atoms with Gasteiger partial charge in [-0.15, -0.1) is 0 Å². The normalized spacial score (nSPS) is 10.5. The third kappa shape index (κ3) is 2.67. The number of hydrogen-bond acceptors (Lipinski definition) is 2. The number of rotatable bonds is 5. The summed E-state index contributed by atoms with van der Waals surface area (Å²) in [4.78, 5) is 4.23. The second-order valence-electron chi connectivity index (χ2n) is 4.14. The number of benzene rings is 1. The predicted molar refractivity (Wildman–Crippen MR) is 71.7 cm³/mol. The van der Waals surface area contributed by atoms with Crippen molar-refractivity contribution in [1.29, 1.82) is 0 Å². The van der Waals surface area contributed by atoms with E-state index in [0.29, 0.717) is 0 Å². The van der Waals surface area contributed by atoms with Crippen LogP contribution in [0.2, 0.25) is 0 Å². The van der Waals surface area contributed by atoms with E-state index in [1.54, 1.807) is 6.20 Å². The van der Waals surface area contributed by atoms with Crippen LogP contribution in [-0.4, -0.2) is 16.6 Å². The summed E-state index contributed by atoms with van der Waals surface area (Å²) >= 11 is 0. The van der Waals surface area contributed by atoms with Crippen molar-refractivity contribution in [2.45, 2.75) is 26.2 Å². The van der Waals surface area contributed by atoms with Crippen molar-refractivity contribution in [1.82, 2.24) is 9.55 Å². The fraction of sp³-hybridized carbons (Fsp3) is 0.357. The average molecular weight is 229 g/mol. The highest BCUT2D eigenvalue weighted by Gasteiger charge is 2.02. The maximum atomic E-state index is 4.23. The van der Waals surface area contributed by atoms with Gasteiger partial charge < -0.3 is 5.32 Å². The summed E-state index contributed by atoms with van der Waals surface area (Å²) in [6.45, 7) is 2.22. The molecule has 1 aromatic heterocycles. The minimum absolute atomic E-state index is 0.867. The lowest BCUT2D eigenvalue weighted by Gasteiger charge is -2.08. The van der Waals surface area contributed by atoms with Crippen molar-refractivity contribution in [3.63, 3.8) is 0 Å². The molecule has 2 aromatic rings. The monoisotopic (exact) mass is 229 g/mol. The molecule has 17 heavy (non-hydrogen) atoms. The lowest BCUT2D eigenvalue weighted by molar-refractivity contribution is 0.795. The summed E-state index contributed by atoms with van der Waals surface area (Å²) in [5.41, 5.74) is 2.55. The van der Waals surface area contributed by atoms with E-state index in [0.717, 1.165) is 11.6 Å². The van der Waals surface area contributed by atoms with Crippen LogP contribution in [0.5, 0.6) is 0 Å².